The van der Waals surface area contributed by atoms with E-state index in [1.807, 2.05) is 0 Å². The summed E-state index contributed by atoms with van der Waals surface area (Å²) in [6, 6.07) is 12.3. The second-order valence-electron chi connectivity index (χ2n) is 7.31. The maximum Gasteiger partial charge on any atom is 0.295 e. The van der Waals surface area contributed by atoms with Gasteiger partial charge in [0.25, 0.3) is 11.7 Å². The fraction of sp³-hybridized carbons (Fsp3) is 0.333. The van der Waals surface area contributed by atoms with Crippen LogP contribution < -0.4 is 4.74 Å². The van der Waals surface area contributed by atoms with E-state index in [4.69, 9.17) is 9.47 Å². The molecule has 0 spiro atoms. The molecule has 0 saturated carbocycles. The van der Waals surface area contributed by atoms with Crippen LogP contribution in [0.4, 0.5) is 0 Å². The number of Topliss-reactive ketones (excluding diaryl/α,β-unsaturated/α-hetero) is 1. The summed E-state index contributed by atoms with van der Waals surface area (Å²) in [6.45, 7) is 3.04. The number of hydrogen-bond donors (Lipinski definition) is 2. The Morgan fingerprint density at radius 1 is 1.10 bits per heavy atom. The van der Waals surface area contributed by atoms with E-state index in [0.29, 0.717) is 23.5 Å². The van der Waals surface area contributed by atoms with Crippen LogP contribution in [0.15, 0.2) is 54.1 Å². The van der Waals surface area contributed by atoms with Gasteiger partial charge in [0.1, 0.15) is 17.3 Å². The van der Waals surface area contributed by atoms with Gasteiger partial charge in [0.2, 0.25) is 0 Å². The Morgan fingerprint density at radius 3 is 2.52 bits per heavy atom. The Labute approximate surface area is 181 Å². The summed E-state index contributed by atoms with van der Waals surface area (Å²) in [6.07, 6.45) is 1.90. The van der Waals surface area contributed by atoms with Gasteiger partial charge in [0.05, 0.1) is 24.8 Å². The molecule has 0 aliphatic carbocycles. The zero-order chi connectivity index (χ0) is 22.4. The largest absolute Gasteiger partial charge is 0.508 e. The first-order chi connectivity index (χ1) is 15.0. The van der Waals surface area contributed by atoms with E-state index in [-0.39, 0.29) is 30.2 Å². The standard InChI is InChI=1S/C24H27NO6/c1-3-4-13-31-19-7-5-6-17(15-19)22(27)20-21(16-8-10-18(26)11-9-16)25(12-14-30-2)24(29)23(20)28/h5-11,15,21,26-27H,3-4,12-14H2,1-2H3/b22-20+. The Morgan fingerprint density at radius 2 is 1.84 bits per heavy atom. The lowest BCUT2D eigenvalue weighted by molar-refractivity contribution is -0.140. The number of unbranched alkanes of at least 4 members (excludes halogenated alkanes) is 1. The van der Waals surface area contributed by atoms with E-state index < -0.39 is 17.7 Å². The molecule has 164 valence electrons. The molecule has 3 rings (SSSR count). The van der Waals surface area contributed by atoms with Crippen molar-refractivity contribution in [1.29, 1.82) is 0 Å². The minimum atomic E-state index is -0.791. The van der Waals surface area contributed by atoms with E-state index in [2.05, 4.69) is 6.92 Å². The van der Waals surface area contributed by atoms with Gasteiger partial charge >= 0.3 is 0 Å². The highest BCUT2D eigenvalue weighted by atomic mass is 16.5. The number of hydrogen-bond acceptors (Lipinski definition) is 6. The first kappa shape index (κ1) is 22.4. The molecule has 1 unspecified atom stereocenters. The first-order valence-electron chi connectivity index (χ1n) is 10.3. The molecule has 1 heterocycles. The molecule has 7 nitrogen and oxygen atoms in total. The van der Waals surface area contributed by atoms with Crippen LogP contribution in [0.25, 0.3) is 5.76 Å². The monoisotopic (exact) mass is 425 g/mol. The van der Waals surface area contributed by atoms with E-state index in [9.17, 15) is 19.8 Å². The van der Waals surface area contributed by atoms with Crippen molar-refractivity contribution in [3.63, 3.8) is 0 Å². The number of ether oxygens (including phenoxy) is 2. The number of nitrogens with zero attached hydrogens (tertiary/aromatic N) is 1. The van der Waals surface area contributed by atoms with Crippen LogP contribution in [0.2, 0.25) is 0 Å². The number of carbonyl (C=O) groups excluding carboxylic acids is 2. The Hall–Kier alpha value is -3.32. The van der Waals surface area contributed by atoms with Crippen LogP contribution >= 0.6 is 0 Å². The number of benzene rings is 2. The molecule has 1 fully saturated rings. The summed E-state index contributed by atoms with van der Waals surface area (Å²) in [5, 5.41) is 20.7. The Balaban J connectivity index is 2.05. The second kappa shape index (κ2) is 10.1. The van der Waals surface area contributed by atoms with Crippen molar-refractivity contribution >= 4 is 17.4 Å². The van der Waals surface area contributed by atoms with Crippen molar-refractivity contribution in [1.82, 2.24) is 4.90 Å². The number of aliphatic hydroxyl groups excluding tert-OH is 1. The number of methoxy groups -OCH3 is 1. The smallest absolute Gasteiger partial charge is 0.295 e. The first-order valence-corrected chi connectivity index (χ1v) is 10.3. The van der Waals surface area contributed by atoms with Crippen molar-refractivity contribution in [2.75, 3.05) is 26.9 Å². The average molecular weight is 425 g/mol. The highest BCUT2D eigenvalue weighted by Gasteiger charge is 2.45. The topological polar surface area (TPSA) is 96.3 Å². The molecular weight excluding hydrogens is 398 g/mol. The zero-order valence-electron chi connectivity index (χ0n) is 17.7. The number of carbonyl (C=O) groups is 2. The van der Waals surface area contributed by atoms with Gasteiger partial charge in [-0.3, -0.25) is 9.59 Å². The van der Waals surface area contributed by atoms with E-state index in [0.717, 1.165) is 12.8 Å². The number of phenolic OH excluding ortho intramolecular Hbond substituents is 1. The molecule has 1 aliphatic heterocycles. The van der Waals surface area contributed by atoms with Crippen molar-refractivity contribution < 1.29 is 29.3 Å². The minimum Gasteiger partial charge on any atom is -0.508 e. The van der Waals surface area contributed by atoms with Crippen LogP contribution in [0.5, 0.6) is 11.5 Å². The molecule has 0 bridgehead atoms. The van der Waals surface area contributed by atoms with Gasteiger partial charge in [-0.25, -0.2) is 0 Å². The highest BCUT2D eigenvalue weighted by molar-refractivity contribution is 6.46. The van der Waals surface area contributed by atoms with E-state index >= 15 is 0 Å². The summed E-state index contributed by atoms with van der Waals surface area (Å²) in [5.74, 6) is -1.09. The molecule has 1 saturated heterocycles. The number of aliphatic hydroxyl groups is 1. The van der Waals surface area contributed by atoms with Crippen LogP contribution in [-0.4, -0.2) is 53.7 Å². The van der Waals surface area contributed by atoms with E-state index in [1.165, 1.54) is 24.1 Å². The maximum atomic E-state index is 12.9. The quantitative estimate of drug-likeness (QED) is 0.276. The number of aromatic hydroxyl groups is 1. The Bertz CT molecular complexity index is 966. The van der Waals surface area contributed by atoms with Gasteiger partial charge in [-0.2, -0.15) is 0 Å². The molecule has 2 N–H and O–H groups in total. The maximum absolute atomic E-state index is 12.9. The van der Waals surface area contributed by atoms with Crippen molar-refractivity contribution in [3.8, 4) is 11.5 Å². The lowest BCUT2D eigenvalue weighted by Crippen LogP contribution is -2.32. The number of rotatable bonds is 9. The molecule has 31 heavy (non-hydrogen) atoms. The molecular formula is C24H27NO6. The predicted molar refractivity (Wildman–Crippen MR) is 116 cm³/mol. The molecule has 0 radical (unpaired) electrons. The van der Waals surface area contributed by atoms with Crippen LogP contribution in [-0.2, 0) is 14.3 Å². The molecule has 1 amide bonds. The number of ketones is 1. The van der Waals surface area contributed by atoms with Gasteiger partial charge in [0.15, 0.2) is 0 Å². The predicted octanol–water partition coefficient (Wildman–Crippen LogP) is 3.64. The summed E-state index contributed by atoms with van der Waals surface area (Å²) < 4.78 is 10.8. The average Bonchev–Trinajstić information content (AvgIpc) is 3.03. The summed E-state index contributed by atoms with van der Waals surface area (Å²) >= 11 is 0. The van der Waals surface area contributed by atoms with Crippen LogP contribution in [0.3, 0.4) is 0 Å². The SMILES string of the molecule is CCCCOc1cccc(/C(O)=C2\C(=O)C(=O)N(CCOC)C2c2ccc(O)cc2)c1. The number of amides is 1. The van der Waals surface area contributed by atoms with Crippen LogP contribution in [0.1, 0.15) is 36.9 Å². The van der Waals surface area contributed by atoms with Gasteiger partial charge in [-0.05, 0) is 36.2 Å². The fourth-order valence-corrected chi connectivity index (χ4v) is 3.53. The van der Waals surface area contributed by atoms with Gasteiger partial charge in [-0.1, -0.05) is 37.6 Å². The zero-order valence-corrected chi connectivity index (χ0v) is 17.7. The summed E-state index contributed by atoms with van der Waals surface area (Å²) in [7, 11) is 1.51. The molecule has 2 aromatic carbocycles. The lowest BCUT2D eigenvalue weighted by atomic mass is 9.95. The molecule has 1 atom stereocenters. The molecule has 2 aromatic rings. The third-order valence-corrected chi connectivity index (χ3v) is 5.16. The van der Waals surface area contributed by atoms with Gasteiger partial charge in [0, 0.05) is 19.2 Å². The van der Waals surface area contributed by atoms with Crippen molar-refractivity contribution in [3.05, 3.63) is 65.2 Å². The minimum absolute atomic E-state index is 0.00231. The number of phenols is 1. The van der Waals surface area contributed by atoms with Crippen LogP contribution in [0, 0.1) is 0 Å². The molecule has 0 aromatic heterocycles. The van der Waals surface area contributed by atoms with Crippen molar-refractivity contribution in [2.45, 2.75) is 25.8 Å². The third kappa shape index (κ3) is 4.88. The van der Waals surface area contributed by atoms with Gasteiger partial charge < -0.3 is 24.6 Å². The fourth-order valence-electron chi connectivity index (χ4n) is 3.53. The highest BCUT2D eigenvalue weighted by Crippen LogP contribution is 2.39. The summed E-state index contributed by atoms with van der Waals surface area (Å²) in [5.41, 5.74) is 0.991. The van der Waals surface area contributed by atoms with Crippen molar-refractivity contribution in [2.24, 2.45) is 0 Å². The molecule has 7 heteroatoms. The Kier molecular flexibility index (Phi) is 7.31. The molecule has 1 aliphatic rings. The third-order valence-electron chi connectivity index (χ3n) is 5.16. The van der Waals surface area contributed by atoms with E-state index in [1.54, 1.807) is 36.4 Å². The van der Waals surface area contributed by atoms with Gasteiger partial charge in [-0.15, -0.1) is 0 Å². The second-order valence-corrected chi connectivity index (χ2v) is 7.31. The number of likely N-dealkylation sites (tertiary alicyclic amines) is 1. The normalized spacial score (nSPS) is 17.9. The summed E-state index contributed by atoms with van der Waals surface area (Å²) in [4.78, 5) is 27.0. The lowest BCUT2D eigenvalue weighted by Gasteiger charge is -2.25.